The lowest BCUT2D eigenvalue weighted by Crippen LogP contribution is -2.17. The minimum atomic E-state index is -0.0868. The van der Waals surface area contributed by atoms with Crippen LogP contribution in [-0.2, 0) is 11.2 Å². The van der Waals surface area contributed by atoms with Crippen molar-refractivity contribution in [2.24, 2.45) is 0 Å². The molecule has 1 N–H and O–H groups in total. The van der Waals surface area contributed by atoms with Crippen LogP contribution < -0.4 is 10.1 Å². The van der Waals surface area contributed by atoms with Gasteiger partial charge in [-0.15, -0.1) is 0 Å². The smallest absolute Gasteiger partial charge is 0.229 e. The summed E-state index contributed by atoms with van der Waals surface area (Å²) in [5.74, 6) is 1.78. The maximum absolute atomic E-state index is 12.7. The summed E-state index contributed by atoms with van der Waals surface area (Å²) in [5.41, 5.74) is 3.92. The molecule has 0 aliphatic heterocycles. The Hall–Kier alpha value is -3.19. The average Bonchev–Trinajstić information content (AvgIpc) is 3.30. The molecule has 0 aliphatic carbocycles. The minimum absolute atomic E-state index is 0.0868. The third-order valence-corrected chi connectivity index (χ3v) is 5.87. The zero-order valence-electron chi connectivity index (χ0n) is 17.5. The molecule has 0 radical (unpaired) electrons. The summed E-state index contributed by atoms with van der Waals surface area (Å²) >= 11 is 1.50. The molecule has 0 spiro atoms. The van der Waals surface area contributed by atoms with E-state index in [1.165, 1.54) is 16.9 Å². The molecule has 0 atom stereocenters. The second kappa shape index (κ2) is 8.28. The predicted molar refractivity (Wildman–Crippen MR) is 121 cm³/mol. The number of nitrogens with zero attached hydrogens (tertiary/aromatic N) is 3. The summed E-state index contributed by atoms with van der Waals surface area (Å²) in [5, 5.41) is 8.21. The SMILES string of the molecule is COc1ccc2nc(-n3nc(C)cc3NC(=O)Cc3ccc(C(C)C)cc3)sc2c1. The second-order valence-electron chi connectivity index (χ2n) is 7.53. The van der Waals surface area contributed by atoms with E-state index in [1.807, 2.05) is 43.3 Å². The van der Waals surface area contributed by atoms with E-state index in [-0.39, 0.29) is 5.91 Å². The van der Waals surface area contributed by atoms with Gasteiger partial charge >= 0.3 is 0 Å². The molecule has 2 heterocycles. The van der Waals surface area contributed by atoms with Crippen LogP contribution in [0.1, 0.15) is 36.6 Å². The number of carbonyl (C=O) groups is 1. The van der Waals surface area contributed by atoms with Crippen molar-refractivity contribution in [1.29, 1.82) is 0 Å². The van der Waals surface area contributed by atoms with Crippen molar-refractivity contribution in [2.45, 2.75) is 33.1 Å². The fraction of sp³-hybridized carbons (Fsp3) is 0.261. The number of anilines is 1. The van der Waals surface area contributed by atoms with Crippen LogP contribution in [0.4, 0.5) is 5.82 Å². The summed E-state index contributed by atoms with van der Waals surface area (Å²) in [4.78, 5) is 17.3. The van der Waals surface area contributed by atoms with Gasteiger partial charge in [0.05, 0.1) is 29.4 Å². The fourth-order valence-corrected chi connectivity index (χ4v) is 4.20. The van der Waals surface area contributed by atoms with Gasteiger partial charge in [-0.1, -0.05) is 49.4 Å². The van der Waals surface area contributed by atoms with E-state index in [9.17, 15) is 4.79 Å². The Morgan fingerprint density at radius 2 is 1.93 bits per heavy atom. The van der Waals surface area contributed by atoms with Crippen LogP contribution in [-0.4, -0.2) is 27.8 Å². The van der Waals surface area contributed by atoms with E-state index in [0.717, 1.165) is 27.2 Å². The number of aryl methyl sites for hydroxylation is 1. The van der Waals surface area contributed by atoms with Crippen LogP contribution in [0, 0.1) is 6.92 Å². The topological polar surface area (TPSA) is 69.0 Å². The lowest BCUT2D eigenvalue weighted by atomic mass is 10.0. The number of thiazole rings is 1. The lowest BCUT2D eigenvalue weighted by Gasteiger charge is -2.08. The standard InChI is InChI=1S/C23H24N4O2S/c1-14(2)17-7-5-16(6-8-17)12-22(28)25-21-11-15(3)26-27(21)23-24-19-10-9-18(29-4)13-20(19)30-23/h5-11,13-14H,12H2,1-4H3,(H,25,28). The summed E-state index contributed by atoms with van der Waals surface area (Å²) in [6, 6.07) is 15.8. The molecule has 0 saturated carbocycles. The number of hydrogen-bond donors (Lipinski definition) is 1. The van der Waals surface area contributed by atoms with Gasteiger partial charge in [0.1, 0.15) is 11.6 Å². The van der Waals surface area contributed by atoms with Gasteiger partial charge in [0.15, 0.2) is 0 Å². The molecular weight excluding hydrogens is 396 g/mol. The van der Waals surface area contributed by atoms with E-state index >= 15 is 0 Å². The van der Waals surface area contributed by atoms with Crippen LogP contribution in [0.5, 0.6) is 5.75 Å². The summed E-state index contributed by atoms with van der Waals surface area (Å²) in [7, 11) is 1.64. The molecule has 0 unspecified atom stereocenters. The van der Waals surface area contributed by atoms with Gasteiger partial charge in [-0.2, -0.15) is 9.78 Å². The van der Waals surface area contributed by atoms with Crippen molar-refractivity contribution in [3.05, 3.63) is 65.4 Å². The molecule has 6 nitrogen and oxygen atoms in total. The highest BCUT2D eigenvalue weighted by Crippen LogP contribution is 2.30. The van der Waals surface area contributed by atoms with Crippen LogP contribution >= 0.6 is 11.3 Å². The molecular formula is C23H24N4O2S. The van der Waals surface area contributed by atoms with Gasteiger partial charge in [-0.3, -0.25) is 4.79 Å². The Kier molecular flexibility index (Phi) is 5.55. The van der Waals surface area contributed by atoms with Crippen LogP contribution in [0.25, 0.3) is 15.3 Å². The molecule has 0 fully saturated rings. The highest BCUT2D eigenvalue weighted by atomic mass is 32.1. The maximum Gasteiger partial charge on any atom is 0.229 e. The van der Waals surface area contributed by atoms with E-state index in [4.69, 9.17) is 4.74 Å². The second-order valence-corrected chi connectivity index (χ2v) is 8.54. The molecule has 4 rings (SSSR count). The zero-order chi connectivity index (χ0) is 21.3. The Morgan fingerprint density at radius 1 is 1.17 bits per heavy atom. The number of carbonyl (C=O) groups excluding carboxylic acids is 1. The number of nitrogens with one attached hydrogen (secondary N) is 1. The van der Waals surface area contributed by atoms with Gasteiger partial charge in [0.25, 0.3) is 0 Å². The molecule has 4 aromatic rings. The largest absolute Gasteiger partial charge is 0.497 e. The Labute approximate surface area is 179 Å². The number of ether oxygens (including phenoxy) is 1. The third kappa shape index (κ3) is 4.21. The normalized spacial score (nSPS) is 11.2. The molecule has 0 bridgehead atoms. The van der Waals surface area contributed by atoms with Gasteiger partial charge in [0.2, 0.25) is 11.0 Å². The molecule has 0 aliphatic rings. The molecule has 154 valence electrons. The molecule has 30 heavy (non-hydrogen) atoms. The van der Waals surface area contributed by atoms with Gasteiger partial charge in [-0.05, 0) is 42.2 Å². The van der Waals surface area contributed by atoms with Crippen molar-refractivity contribution in [3.63, 3.8) is 0 Å². The maximum atomic E-state index is 12.7. The molecule has 0 saturated heterocycles. The zero-order valence-corrected chi connectivity index (χ0v) is 18.3. The van der Waals surface area contributed by atoms with Crippen molar-refractivity contribution < 1.29 is 9.53 Å². The highest BCUT2D eigenvalue weighted by molar-refractivity contribution is 7.20. The summed E-state index contributed by atoms with van der Waals surface area (Å²) < 4.78 is 7.98. The van der Waals surface area contributed by atoms with Crippen LogP contribution in [0.3, 0.4) is 0 Å². The number of amides is 1. The van der Waals surface area contributed by atoms with Gasteiger partial charge in [-0.25, -0.2) is 4.98 Å². The van der Waals surface area contributed by atoms with Crippen molar-refractivity contribution in [3.8, 4) is 10.9 Å². The Morgan fingerprint density at radius 3 is 2.63 bits per heavy atom. The number of benzene rings is 2. The van der Waals surface area contributed by atoms with E-state index < -0.39 is 0 Å². The predicted octanol–water partition coefficient (Wildman–Crippen LogP) is 5.10. The van der Waals surface area contributed by atoms with Crippen molar-refractivity contribution >= 4 is 33.3 Å². The lowest BCUT2D eigenvalue weighted by molar-refractivity contribution is -0.115. The molecule has 2 aromatic heterocycles. The van der Waals surface area contributed by atoms with Crippen molar-refractivity contribution in [1.82, 2.24) is 14.8 Å². The first-order valence-electron chi connectivity index (χ1n) is 9.83. The summed E-state index contributed by atoms with van der Waals surface area (Å²) in [6.07, 6.45) is 0.305. The van der Waals surface area contributed by atoms with E-state index in [1.54, 1.807) is 11.8 Å². The average molecular weight is 421 g/mol. The Bertz CT molecular complexity index is 1190. The molecule has 7 heteroatoms. The number of rotatable bonds is 6. The molecule has 2 aromatic carbocycles. The van der Waals surface area contributed by atoms with Crippen LogP contribution in [0.15, 0.2) is 48.5 Å². The minimum Gasteiger partial charge on any atom is -0.497 e. The summed E-state index contributed by atoms with van der Waals surface area (Å²) in [6.45, 7) is 6.21. The number of aromatic nitrogens is 3. The first kappa shape index (κ1) is 20.1. The number of methoxy groups -OCH3 is 1. The monoisotopic (exact) mass is 420 g/mol. The first-order chi connectivity index (χ1) is 14.4. The first-order valence-corrected chi connectivity index (χ1v) is 10.6. The number of fused-ring (bicyclic) bond motifs is 1. The van der Waals surface area contributed by atoms with Crippen molar-refractivity contribution in [2.75, 3.05) is 12.4 Å². The third-order valence-electron chi connectivity index (χ3n) is 4.88. The fourth-order valence-electron chi connectivity index (χ4n) is 3.24. The quantitative estimate of drug-likeness (QED) is 0.471. The van der Waals surface area contributed by atoms with E-state index in [0.29, 0.717) is 23.3 Å². The van der Waals surface area contributed by atoms with E-state index in [2.05, 4.69) is 41.4 Å². The highest BCUT2D eigenvalue weighted by Gasteiger charge is 2.15. The van der Waals surface area contributed by atoms with Crippen LogP contribution in [0.2, 0.25) is 0 Å². The molecule has 1 amide bonds. The number of hydrogen-bond acceptors (Lipinski definition) is 5. The van der Waals surface area contributed by atoms with Gasteiger partial charge < -0.3 is 10.1 Å². The van der Waals surface area contributed by atoms with Gasteiger partial charge in [0, 0.05) is 6.07 Å². The Balaban J connectivity index is 1.55.